The van der Waals surface area contributed by atoms with Crippen molar-refractivity contribution in [3.8, 4) is 22.9 Å². The van der Waals surface area contributed by atoms with Gasteiger partial charge in [0.2, 0.25) is 17.7 Å². The van der Waals surface area contributed by atoms with Crippen molar-refractivity contribution in [2.45, 2.75) is 63.4 Å². The first-order valence-electron chi connectivity index (χ1n) is 18.8. The number of hydrogen-bond acceptors (Lipinski definition) is 12. The first kappa shape index (κ1) is 34.0. The molecule has 0 radical (unpaired) electrons. The molecule has 4 aromatic rings. The Bertz CT molecular complexity index is 2120. The third-order valence-electron chi connectivity index (χ3n) is 11.8. The van der Waals surface area contributed by atoms with Gasteiger partial charge in [-0.1, -0.05) is 31.2 Å². The van der Waals surface area contributed by atoms with Crippen LogP contribution >= 0.6 is 0 Å². The van der Waals surface area contributed by atoms with Crippen LogP contribution in [0, 0.1) is 0 Å². The summed E-state index contributed by atoms with van der Waals surface area (Å²) in [6.07, 6.45) is 4.23. The Morgan fingerprint density at radius 3 is 2.61 bits per heavy atom. The van der Waals surface area contributed by atoms with Crippen LogP contribution < -0.4 is 25.2 Å². The first-order valence-corrected chi connectivity index (χ1v) is 18.8. The van der Waals surface area contributed by atoms with E-state index >= 15 is 0 Å². The maximum absolute atomic E-state index is 13.3. The fraction of sp³-hybridized carbons (Fsp3) is 0.400. The molecular weight excluding hydrogens is 686 g/mol. The molecule has 3 saturated heterocycles. The quantitative estimate of drug-likeness (QED) is 0.227. The summed E-state index contributed by atoms with van der Waals surface area (Å²) in [6.45, 7) is 8.20. The van der Waals surface area contributed by atoms with Crippen LogP contribution in [0.4, 0.5) is 17.2 Å². The van der Waals surface area contributed by atoms with E-state index in [4.69, 9.17) is 9.72 Å². The molecule has 14 nitrogen and oxygen atoms in total. The Morgan fingerprint density at radius 2 is 1.83 bits per heavy atom. The van der Waals surface area contributed by atoms with Crippen molar-refractivity contribution >= 4 is 34.9 Å². The number of pyridine rings is 1. The van der Waals surface area contributed by atoms with E-state index in [1.165, 1.54) is 0 Å². The number of aromatic nitrogens is 3. The lowest BCUT2D eigenvalue weighted by molar-refractivity contribution is -0.136. The number of piperazine rings is 1. The van der Waals surface area contributed by atoms with Crippen LogP contribution in [0.3, 0.4) is 0 Å². The number of imide groups is 1. The molecule has 0 aliphatic carbocycles. The van der Waals surface area contributed by atoms with Crippen LogP contribution in [-0.4, -0.2) is 105 Å². The van der Waals surface area contributed by atoms with Gasteiger partial charge in [0.15, 0.2) is 5.82 Å². The Kier molecular flexibility index (Phi) is 8.56. The lowest BCUT2D eigenvalue weighted by atomic mass is 9.90. The predicted molar refractivity (Wildman–Crippen MR) is 201 cm³/mol. The second-order valence-electron chi connectivity index (χ2n) is 15.0. The lowest BCUT2D eigenvalue weighted by Gasteiger charge is -2.43. The van der Waals surface area contributed by atoms with Crippen molar-refractivity contribution in [2.75, 3.05) is 54.4 Å². The minimum absolute atomic E-state index is 0.0547. The van der Waals surface area contributed by atoms with E-state index in [0.717, 1.165) is 80.4 Å². The largest absolute Gasteiger partial charge is 0.507 e. The zero-order valence-electron chi connectivity index (χ0n) is 30.2. The molecule has 3 N–H and O–H groups in total. The summed E-state index contributed by atoms with van der Waals surface area (Å²) in [6, 6.07) is 18.7. The van der Waals surface area contributed by atoms with Gasteiger partial charge >= 0.3 is 0 Å². The van der Waals surface area contributed by atoms with Crippen molar-refractivity contribution in [1.29, 1.82) is 0 Å². The number of amides is 3. The number of phenols is 1. The predicted octanol–water partition coefficient (Wildman–Crippen LogP) is 3.56. The van der Waals surface area contributed by atoms with Crippen molar-refractivity contribution in [3.05, 3.63) is 83.6 Å². The number of nitrogens with zero attached hydrogens (tertiary/aromatic N) is 7. The Balaban J connectivity index is 0.798. The molecule has 14 heteroatoms. The molecule has 2 aromatic heterocycles. The van der Waals surface area contributed by atoms with Gasteiger partial charge in [0.1, 0.15) is 17.9 Å². The number of rotatable bonds is 8. The zero-order chi connectivity index (χ0) is 37.0. The van der Waals surface area contributed by atoms with Crippen molar-refractivity contribution in [2.24, 2.45) is 0 Å². The molecule has 9 rings (SSSR count). The van der Waals surface area contributed by atoms with E-state index in [-0.39, 0.29) is 35.6 Å². The number of benzene rings is 2. The van der Waals surface area contributed by atoms with E-state index in [1.54, 1.807) is 17.0 Å². The highest BCUT2D eigenvalue weighted by molar-refractivity contribution is 6.05. The summed E-state index contributed by atoms with van der Waals surface area (Å²) in [5.41, 5.74) is 5.79. The van der Waals surface area contributed by atoms with Crippen LogP contribution in [0.15, 0.2) is 66.9 Å². The smallest absolute Gasteiger partial charge is 0.255 e. The maximum atomic E-state index is 13.3. The number of carbonyl (C=O) groups excluding carboxylic acids is 3. The fourth-order valence-corrected chi connectivity index (χ4v) is 8.75. The molecule has 3 atom stereocenters. The molecule has 5 aliphatic heterocycles. The average Bonchev–Trinajstić information content (AvgIpc) is 3.73. The molecule has 54 heavy (non-hydrogen) atoms. The molecule has 0 bridgehead atoms. The number of aromatic hydroxyl groups is 1. The van der Waals surface area contributed by atoms with E-state index in [9.17, 15) is 19.5 Å². The molecule has 5 aliphatic rings. The number of para-hydroxylation sites is 1. The summed E-state index contributed by atoms with van der Waals surface area (Å²) in [5, 5.41) is 25.2. The highest BCUT2D eigenvalue weighted by Crippen LogP contribution is 2.45. The molecule has 0 unspecified atom stereocenters. The number of phenolic OH excluding ortho intramolecular Hbond substituents is 1. The minimum Gasteiger partial charge on any atom is -0.507 e. The normalized spacial score (nSPS) is 23.8. The fourth-order valence-electron chi connectivity index (χ4n) is 8.75. The number of hydrogen-bond donors (Lipinski definition) is 3. The maximum Gasteiger partial charge on any atom is 0.255 e. The van der Waals surface area contributed by atoms with Gasteiger partial charge in [-0.2, -0.15) is 0 Å². The minimum atomic E-state index is -0.610. The Morgan fingerprint density at radius 1 is 0.981 bits per heavy atom. The van der Waals surface area contributed by atoms with Gasteiger partial charge in [-0.25, -0.2) is 4.98 Å². The van der Waals surface area contributed by atoms with Gasteiger partial charge in [0.25, 0.3) is 5.91 Å². The van der Waals surface area contributed by atoms with E-state index in [0.29, 0.717) is 42.2 Å². The van der Waals surface area contributed by atoms with Crippen LogP contribution in [0.5, 0.6) is 11.6 Å². The number of ether oxygens (including phenoxy) is 1. The average molecular weight is 730 g/mol. The Labute approximate surface area is 313 Å². The molecule has 0 spiro atoms. The van der Waals surface area contributed by atoms with Gasteiger partial charge in [0, 0.05) is 87.7 Å². The standard InChI is InChI=1S/C40H43N9O5/c1-2-40-19-28(23-49(40)33-18-31(44-45-37(33)42-24-40)29-5-3-4-6-34(29)50)54-36-12-7-25(20-41-36)21-46-13-15-47(16-14-46)27-9-8-26-22-48(39(53)30(26)17-27)32-10-11-35(51)43-38(32)52/h3-9,12,17-18,20,28,32,50H,2,10-11,13-16,19,21-24H2,1H3,(H,42,45)(H,43,51,52)/t28-,32+,40+/m1/s1. The van der Waals surface area contributed by atoms with Crippen molar-refractivity contribution in [3.63, 3.8) is 0 Å². The van der Waals surface area contributed by atoms with Gasteiger partial charge < -0.3 is 29.9 Å². The Hall–Kier alpha value is -5.76. The molecule has 3 fully saturated rings. The van der Waals surface area contributed by atoms with Crippen molar-refractivity contribution < 1.29 is 24.2 Å². The highest BCUT2D eigenvalue weighted by atomic mass is 16.5. The van der Waals surface area contributed by atoms with Gasteiger partial charge in [-0.15, -0.1) is 10.2 Å². The topological polar surface area (TPSA) is 156 Å². The van der Waals surface area contributed by atoms with Crippen LogP contribution in [-0.2, 0) is 22.7 Å². The number of piperidine rings is 1. The molecular formula is C40H43N9O5. The van der Waals surface area contributed by atoms with Crippen LogP contribution in [0.1, 0.15) is 54.1 Å². The molecule has 3 amide bonds. The van der Waals surface area contributed by atoms with Crippen LogP contribution in [0.25, 0.3) is 11.3 Å². The summed E-state index contributed by atoms with van der Waals surface area (Å²) in [5.74, 6) is 0.699. The molecule has 7 heterocycles. The number of fused-ring (bicyclic) bond motifs is 4. The van der Waals surface area contributed by atoms with E-state index in [2.05, 4.69) is 54.6 Å². The van der Waals surface area contributed by atoms with Gasteiger partial charge in [-0.3, -0.25) is 24.6 Å². The van der Waals surface area contributed by atoms with Gasteiger partial charge in [0.05, 0.1) is 23.5 Å². The third kappa shape index (κ3) is 6.13. The number of carbonyl (C=O) groups is 3. The summed E-state index contributed by atoms with van der Waals surface area (Å²) >= 11 is 0. The van der Waals surface area contributed by atoms with E-state index in [1.807, 2.05) is 42.6 Å². The first-order chi connectivity index (χ1) is 26.3. The monoisotopic (exact) mass is 729 g/mol. The molecule has 0 saturated carbocycles. The van der Waals surface area contributed by atoms with Crippen LogP contribution in [0.2, 0.25) is 0 Å². The van der Waals surface area contributed by atoms with E-state index < -0.39 is 11.9 Å². The molecule has 2 aromatic carbocycles. The molecule has 278 valence electrons. The lowest BCUT2D eigenvalue weighted by Crippen LogP contribution is -2.52. The second kappa shape index (κ2) is 13.6. The number of nitrogens with one attached hydrogen (secondary N) is 2. The highest BCUT2D eigenvalue weighted by Gasteiger charge is 2.49. The van der Waals surface area contributed by atoms with Gasteiger partial charge in [-0.05, 0) is 54.3 Å². The summed E-state index contributed by atoms with van der Waals surface area (Å²) in [7, 11) is 0. The second-order valence-corrected chi connectivity index (χ2v) is 15.0. The third-order valence-corrected chi connectivity index (χ3v) is 11.8. The summed E-state index contributed by atoms with van der Waals surface area (Å²) in [4.78, 5) is 50.8. The summed E-state index contributed by atoms with van der Waals surface area (Å²) < 4.78 is 6.50. The van der Waals surface area contributed by atoms with Crippen molar-refractivity contribution in [1.82, 2.24) is 30.3 Å². The number of anilines is 3. The SMILES string of the molecule is CC[C@]12CNc3nnc(-c4ccccc4O)cc3N1C[C@H](Oc1ccc(CN3CCN(c4ccc5c(c4)C(=O)N([C@H]4CCC(=O)NC4=O)C5)CC3)cn1)C2. The zero-order valence-corrected chi connectivity index (χ0v) is 30.2.